The molecule has 5 heteroatoms. The summed E-state index contributed by atoms with van der Waals surface area (Å²) in [6, 6.07) is 22.6. The van der Waals surface area contributed by atoms with Gasteiger partial charge in [0.1, 0.15) is 12.4 Å². The van der Waals surface area contributed by atoms with E-state index in [1.165, 1.54) is 11.1 Å². The highest BCUT2D eigenvalue weighted by molar-refractivity contribution is 6.40. The highest BCUT2D eigenvalue weighted by Crippen LogP contribution is 2.36. The minimum Gasteiger partial charge on any atom is -0.491 e. The van der Waals surface area contributed by atoms with Crippen LogP contribution >= 0.6 is 23.2 Å². The Labute approximate surface area is 174 Å². The van der Waals surface area contributed by atoms with Crippen LogP contribution in [-0.4, -0.2) is 25.2 Å². The minimum absolute atomic E-state index is 0.537. The van der Waals surface area contributed by atoms with Gasteiger partial charge in [-0.25, -0.2) is 0 Å². The Kier molecular flexibility index (Phi) is 5.47. The van der Waals surface area contributed by atoms with Gasteiger partial charge in [-0.3, -0.25) is 0 Å². The number of aromatic amines is 1. The van der Waals surface area contributed by atoms with Crippen LogP contribution in [0.5, 0.6) is 5.75 Å². The number of likely N-dealkylation sites (N-methyl/N-ethyl adjacent to an activating group) is 1. The molecule has 0 unspecified atom stereocenters. The molecule has 0 amide bonds. The van der Waals surface area contributed by atoms with E-state index in [1.807, 2.05) is 18.2 Å². The number of benzene rings is 3. The van der Waals surface area contributed by atoms with Crippen molar-refractivity contribution in [3.63, 3.8) is 0 Å². The van der Waals surface area contributed by atoms with Crippen molar-refractivity contribution < 1.29 is 4.74 Å². The molecule has 0 fully saturated rings. The Morgan fingerprint density at radius 1 is 0.857 bits per heavy atom. The Balaban J connectivity index is 1.41. The molecule has 1 aromatic heterocycles. The first kappa shape index (κ1) is 18.7. The van der Waals surface area contributed by atoms with Crippen LogP contribution < -0.4 is 9.64 Å². The summed E-state index contributed by atoms with van der Waals surface area (Å²) in [5, 5.41) is 2.06. The summed E-state index contributed by atoms with van der Waals surface area (Å²) in [7, 11) is 2.06. The number of hydrogen-bond acceptors (Lipinski definition) is 2. The zero-order valence-corrected chi connectivity index (χ0v) is 17.0. The van der Waals surface area contributed by atoms with E-state index in [-0.39, 0.29) is 0 Å². The molecular weight excluding hydrogens is 391 g/mol. The number of nitrogens with zero attached hydrogens (tertiary/aromatic N) is 1. The standard InChI is InChI=1S/C23H20Cl2N2O/c1-27(18-9-7-17(8-10-18)16-5-3-2-4-6-16)13-14-28-21-12-11-19(24)23-22(21)20(25)15-26-23/h2-12,15,26H,13-14H2,1H3. The molecule has 0 aliphatic heterocycles. The average molecular weight is 411 g/mol. The van der Waals surface area contributed by atoms with Crippen LogP contribution in [0.3, 0.4) is 0 Å². The van der Waals surface area contributed by atoms with Gasteiger partial charge in [0.05, 0.1) is 27.5 Å². The summed E-state index contributed by atoms with van der Waals surface area (Å²) in [6.07, 6.45) is 1.73. The molecule has 1 heterocycles. The predicted octanol–water partition coefficient (Wildman–Crippen LogP) is 6.66. The van der Waals surface area contributed by atoms with Gasteiger partial charge in [0.25, 0.3) is 0 Å². The van der Waals surface area contributed by atoms with Crippen LogP contribution in [0.1, 0.15) is 0 Å². The van der Waals surface area contributed by atoms with Crippen LogP contribution in [0.15, 0.2) is 72.9 Å². The summed E-state index contributed by atoms with van der Waals surface area (Å²) in [5.41, 5.74) is 4.37. The lowest BCUT2D eigenvalue weighted by Crippen LogP contribution is -2.23. The summed E-state index contributed by atoms with van der Waals surface area (Å²) in [4.78, 5) is 5.25. The maximum absolute atomic E-state index is 6.27. The molecule has 0 spiro atoms. The van der Waals surface area contributed by atoms with Gasteiger partial charge in [0.2, 0.25) is 0 Å². The lowest BCUT2D eigenvalue weighted by Gasteiger charge is -2.20. The SMILES string of the molecule is CN(CCOc1ccc(Cl)c2[nH]cc(Cl)c12)c1ccc(-c2ccccc2)cc1. The molecule has 0 saturated carbocycles. The van der Waals surface area contributed by atoms with Gasteiger partial charge in [-0.05, 0) is 35.4 Å². The Hall–Kier alpha value is -2.62. The average Bonchev–Trinajstić information content (AvgIpc) is 3.13. The van der Waals surface area contributed by atoms with Crippen molar-refractivity contribution in [2.24, 2.45) is 0 Å². The fraction of sp³-hybridized carbons (Fsp3) is 0.130. The van der Waals surface area contributed by atoms with E-state index in [0.717, 1.165) is 28.9 Å². The molecule has 4 rings (SSSR count). The number of H-pyrrole nitrogens is 1. The number of ether oxygens (including phenoxy) is 1. The van der Waals surface area contributed by atoms with Crippen molar-refractivity contribution in [3.8, 4) is 16.9 Å². The minimum atomic E-state index is 0.537. The highest BCUT2D eigenvalue weighted by atomic mass is 35.5. The van der Waals surface area contributed by atoms with Crippen molar-refractivity contribution in [3.05, 3.63) is 83.0 Å². The van der Waals surface area contributed by atoms with Gasteiger partial charge < -0.3 is 14.6 Å². The van der Waals surface area contributed by atoms with E-state index < -0.39 is 0 Å². The maximum Gasteiger partial charge on any atom is 0.130 e. The first-order valence-corrected chi connectivity index (χ1v) is 9.83. The maximum atomic E-state index is 6.27. The van der Waals surface area contributed by atoms with E-state index in [9.17, 15) is 0 Å². The van der Waals surface area contributed by atoms with E-state index >= 15 is 0 Å². The van der Waals surface area contributed by atoms with Crippen molar-refractivity contribution in [1.82, 2.24) is 4.98 Å². The summed E-state index contributed by atoms with van der Waals surface area (Å²) < 4.78 is 5.99. The molecule has 0 radical (unpaired) electrons. The van der Waals surface area contributed by atoms with Crippen LogP contribution in [0, 0.1) is 0 Å². The van der Waals surface area contributed by atoms with Crippen LogP contribution in [0.2, 0.25) is 10.0 Å². The van der Waals surface area contributed by atoms with Crippen molar-refractivity contribution in [2.45, 2.75) is 0 Å². The molecule has 0 aliphatic rings. The second kappa shape index (κ2) is 8.17. The number of aromatic nitrogens is 1. The molecule has 0 atom stereocenters. The fourth-order valence-electron chi connectivity index (χ4n) is 3.22. The monoisotopic (exact) mass is 410 g/mol. The zero-order chi connectivity index (χ0) is 19.5. The Bertz CT molecular complexity index is 1080. The van der Waals surface area contributed by atoms with Crippen molar-refractivity contribution >= 4 is 39.8 Å². The molecule has 0 saturated heterocycles. The Morgan fingerprint density at radius 2 is 1.57 bits per heavy atom. The van der Waals surface area contributed by atoms with Crippen molar-refractivity contribution in [2.75, 3.05) is 25.1 Å². The molecule has 1 N–H and O–H groups in total. The number of halogens is 2. The lowest BCUT2D eigenvalue weighted by atomic mass is 10.1. The first-order valence-electron chi connectivity index (χ1n) is 9.08. The first-order chi connectivity index (χ1) is 13.6. The molecule has 3 aromatic carbocycles. The molecule has 0 bridgehead atoms. The van der Waals surface area contributed by atoms with E-state index in [4.69, 9.17) is 27.9 Å². The molecule has 142 valence electrons. The van der Waals surface area contributed by atoms with E-state index in [1.54, 1.807) is 6.20 Å². The number of hydrogen-bond donors (Lipinski definition) is 1. The third-order valence-electron chi connectivity index (χ3n) is 4.80. The smallest absolute Gasteiger partial charge is 0.130 e. The number of nitrogens with one attached hydrogen (secondary N) is 1. The summed E-state index contributed by atoms with van der Waals surface area (Å²) in [6.45, 7) is 1.28. The van der Waals surface area contributed by atoms with Gasteiger partial charge in [-0.1, -0.05) is 65.7 Å². The Morgan fingerprint density at radius 3 is 2.32 bits per heavy atom. The van der Waals surface area contributed by atoms with Gasteiger partial charge in [-0.15, -0.1) is 0 Å². The van der Waals surface area contributed by atoms with Crippen molar-refractivity contribution in [1.29, 1.82) is 0 Å². The molecular formula is C23H20Cl2N2O. The number of anilines is 1. The van der Waals surface area contributed by atoms with E-state index in [2.05, 4.69) is 65.5 Å². The highest BCUT2D eigenvalue weighted by Gasteiger charge is 2.12. The third-order valence-corrected chi connectivity index (χ3v) is 5.41. The quantitative estimate of drug-likeness (QED) is 0.384. The summed E-state index contributed by atoms with van der Waals surface area (Å²) >= 11 is 12.5. The van der Waals surface area contributed by atoms with Gasteiger partial charge in [0, 0.05) is 18.9 Å². The lowest BCUT2D eigenvalue weighted by molar-refractivity contribution is 0.330. The van der Waals surface area contributed by atoms with Crippen LogP contribution in [0.4, 0.5) is 5.69 Å². The largest absolute Gasteiger partial charge is 0.491 e. The second-order valence-corrected chi connectivity index (χ2v) is 7.43. The third kappa shape index (κ3) is 3.82. The van der Waals surface area contributed by atoms with Crippen LogP contribution in [0.25, 0.3) is 22.0 Å². The molecule has 4 aromatic rings. The van der Waals surface area contributed by atoms with Gasteiger partial charge >= 0.3 is 0 Å². The van der Waals surface area contributed by atoms with Crippen LogP contribution in [-0.2, 0) is 0 Å². The second-order valence-electron chi connectivity index (χ2n) is 6.62. The molecule has 0 aliphatic carbocycles. The normalized spacial score (nSPS) is 11.0. The van der Waals surface area contributed by atoms with Gasteiger partial charge in [0.15, 0.2) is 0 Å². The zero-order valence-electron chi connectivity index (χ0n) is 15.5. The fourth-order valence-corrected chi connectivity index (χ4v) is 3.68. The van der Waals surface area contributed by atoms with Gasteiger partial charge in [-0.2, -0.15) is 0 Å². The number of rotatable bonds is 6. The molecule has 3 nitrogen and oxygen atoms in total. The predicted molar refractivity (Wildman–Crippen MR) is 119 cm³/mol. The van der Waals surface area contributed by atoms with E-state index in [0.29, 0.717) is 16.7 Å². The molecule has 28 heavy (non-hydrogen) atoms. The topological polar surface area (TPSA) is 28.3 Å². The summed E-state index contributed by atoms with van der Waals surface area (Å²) in [5.74, 6) is 0.735. The number of fused-ring (bicyclic) bond motifs is 1.